The molecule has 0 aliphatic carbocycles. The van der Waals surface area contributed by atoms with Crippen molar-refractivity contribution in [2.75, 3.05) is 52.8 Å². The van der Waals surface area contributed by atoms with Crippen molar-refractivity contribution in [2.45, 2.75) is 10.3 Å². The fraction of sp³-hybridized carbons (Fsp3) is 0.400. The monoisotopic (exact) mass is 526 g/mol. The maximum Gasteiger partial charge on any atom is 0.188 e. The first kappa shape index (κ1) is 25.2. The molecule has 0 radical (unpaired) electrons. The van der Waals surface area contributed by atoms with Crippen molar-refractivity contribution in [3.8, 4) is 21.1 Å². The van der Waals surface area contributed by atoms with Crippen LogP contribution in [0.3, 0.4) is 0 Å². The summed E-state index contributed by atoms with van der Waals surface area (Å²) in [6, 6.07) is 8.15. The molecule has 10 heteroatoms. The summed E-state index contributed by atoms with van der Waals surface area (Å²) in [6.07, 6.45) is 3.67. The first-order valence-electron chi connectivity index (χ1n) is 9.33. The highest BCUT2D eigenvalue weighted by Gasteiger charge is 2.10. The van der Waals surface area contributed by atoms with Crippen LogP contribution in [0, 0.1) is 0 Å². The molecule has 0 unspecified atom stereocenters. The first-order valence-corrected chi connectivity index (χ1v) is 12.1. The van der Waals surface area contributed by atoms with Crippen LogP contribution in [-0.2, 0) is 0 Å². The van der Waals surface area contributed by atoms with Gasteiger partial charge in [0.2, 0.25) is 0 Å². The second kappa shape index (κ2) is 12.7. The van der Waals surface area contributed by atoms with Crippen molar-refractivity contribution in [1.29, 1.82) is 0 Å². The third-order valence-corrected chi connectivity index (χ3v) is 6.73. The Hall–Kier alpha value is -1.04. The maximum atomic E-state index is 4.72. The molecule has 3 heterocycles. The molecule has 3 aromatic rings. The van der Waals surface area contributed by atoms with Crippen LogP contribution in [-0.4, -0.2) is 82.5 Å². The molecule has 0 atom stereocenters. The lowest BCUT2D eigenvalue weighted by Crippen LogP contribution is -2.14. The number of thiophene rings is 1. The van der Waals surface area contributed by atoms with Gasteiger partial charge in [-0.25, -0.2) is 19.9 Å². The van der Waals surface area contributed by atoms with Crippen molar-refractivity contribution in [2.24, 2.45) is 0 Å². The zero-order valence-corrected chi connectivity index (χ0v) is 21.8. The number of aromatic nitrogens is 4. The van der Waals surface area contributed by atoms with E-state index in [0.29, 0.717) is 0 Å². The summed E-state index contributed by atoms with van der Waals surface area (Å²) in [5, 5.41) is 1.64. The van der Waals surface area contributed by atoms with Crippen molar-refractivity contribution >= 4 is 51.8 Å². The normalized spacial score (nSPS) is 11.1. The average molecular weight is 528 g/mol. The molecule has 162 valence electrons. The van der Waals surface area contributed by atoms with E-state index in [4.69, 9.17) is 9.97 Å². The lowest BCUT2D eigenvalue weighted by atomic mass is 10.3. The average Bonchev–Trinajstić information content (AvgIpc) is 3.18. The van der Waals surface area contributed by atoms with Crippen LogP contribution in [0.2, 0.25) is 0 Å². The third kappa shape index (κ3) is 7.90. The van der Waals surface area contributed by atoms with Gasteiger partial charge in [-0.1, -0.05) is 23.5 Å². The Morgan fingerprint density at radius 3 is 1.57 bits per heavy atom. The van der Waals surface area contributed by atoms with Crippen molar-refractivity contribution in [1.82, 2.24) is 29.7 Å². The smallest absolute Gasteiger partial charge is 0.188 e. The Balaban J connectivity index is 0.00000320. The standard InChI is InChI=1S/C20H26N6S3.BrH/c1-25(2)11-13-27-19-21-9-7-15(23-19)17-5-6-18(29-17)16-8-10-22-20(24-16)28-14-12-26(3)4;/h5-10H,11-14H2,1-4H3;1H. The quantitative estimate of drug-likeness (QED) is 0.281. The Morgan fingerprint density at radius 1 is 0.733 bits per heavy atom. The molecular formula is C20H27BrN6S3. The van der Waals surface area contributed by atoms with Crippen LogP contribution < -0.4 is 0 Å². The van der Waals surface area contributed by atoms with E-state index >= 15 is 0 Å². The second-order valence-electron chi connectivity index (χ2n) is 6.92. The van der Waals surface area contributed by atoms with E-state index in [0.717, 1.165) is 56.1 Å². The SMILES string of the molecule is Br.CN(C)CCSc1nccc(-c2ccc(-c3ccnc(SCCN(C)C)n3)s2)n1. The minimum Gasteiger partial charge on any atom is -0.309 e. The van der Waals surface area contributed by atoms with Gasteiger partial charge in [0.25, 0.3) is 0 Å². The van der Waals surface area contributed by atoms with E-state index in [1.165, 1.54) is 0 Å². The fourth-order valence-corrected chi connectivity index (χ4v) is 5.17. The van der Waals surface area contributed by atoms with Gasteiger partial charge >= 0.3 is 0 Å². The van der Waals surface area contributed by atoms with Gasteiger partial charge in [0.1, 0.15) is 0 Å². The largest absolute Gasteiger partial charge is 0.309 e. The molecule has 0 bridgehead atoms. The summed E-state index contributed by atoms with van der Waals surface area (Å²) in [6.45, 7) is 2.01. The van der Waals surface area contributed by atoms with Gasteiger partial charge in [-0.3, -0.25) is 0 Å². The Bertz CT molecular complexity index is 847. The van der Waals surface area contributed by atoms with E-state index in [9.17, 15) is 0 Å². The van der Waals surface area contributed by atoms with Crippen LogP contribution in [0.25, 0.3) is 21.1 Å². The lowest BCUT2D eigenvalue weighted by molar-refractivity contribution is 0.437. The molecule has 0 aromatic carbocycles. The van der Waals surface area contributed by atoms with Crippen LogP contribution in [0.4, 0.5) is 0 Å². The molecule has 6 nitrogen and oxygen atoms in total. The highest BCUT2D eigenvalue weighted by Crippen LogP contribution is 2.33. The predicted molar refractivity (Wildman–Crippen MR) is 135 cm³/mol. The molecule has 0 aliphatic heterocycles. The molecule has 3 aromatic heterocycles. The van der Waals surface area contributed by atoms with Gasteiger partial charge in [-0.15, -0.1) is 28.3 Å². The number of thioether (sulfide) groups is 2. The summed E-state index contributed by atoms with van der Waals surface area (Å²) in [5.74, 6) is 1.95. The highest BCUT2D eigenvalue weighted by molar-refractivity contribution is 8.93. The fourth-order valence-electron chi connectivity index (χ4n) is 2.35. The first-order chi connectivity index (χ1) is 14.0. The summed E-state index contributed by atoms with van der Waals surface area (Å²) in [4.78, 5) is 24.8. The van der Waals surface area contributed by atoms with E-state index in [-0.39, 0.29) is 17.0 Å². The van der Waals surface area contributed by atoms with Gasteiger partial charge in [-0.05, 0) is 52.5 Å². The van der Waals surface area contributed by atoms with E-state index in [2.05, 4.69) is 60.1 Å². The molecule has 0 saturated heterocycles. The molecule has 0 aliphatic rings. The van der Waals surface area contributed by atoms with Crippen LogP contribution in [0.1, 0.15) is 0 Å². The number of hydrogen-bond donors (Lipinski definition) is 0. The number of nitrogens with zero attached hydrogens (tertiary/aromatic N) is 6. The molecule has 0 N–H and O–H groups in total. The topological polar surface area (TPSA) is 58.0 Å². The highest BCUT2D eigenvalue weighted by atomic mass is 79.9. The summed E-state index contributed by atoms with van der Waals surface area (Å²) >= 11 is 5.07. The van der Waals surface area contributed by atoms with Crippen LogP contribution in [0.5, 0.6) is 0 Å². The van der Waals surface area contributed by atoms with Crippen LogP contribution in [0.15, 0.2) is 47.0 Å². The summed E-state index contributed by atoms with van der Waals surface area (Å²) in [7, 11) is 8.29. The van der Waals surface area contributed by atoms with Crippen molar-refractivity contribution in [3.05, 3.63) is 36.7 Å². The molecule has 30 heavy (non-hydrogen) atoms. The molecule has 0 amide bonds. The molecular weight excluding hydrogens is 500 g/mol. The Kier molecular flexibility index (Phi) is 10.7. The number of hydrogen-bond acceptors (Lipinski definition) is 9. The van der Waals surface area contributed by atoms with E-state index in [1.807, 2.05) is 24.5 Å². The third-order valence-electron chi connectivity index (χ3n) is 3.92. The zero-order chi connectivity index (χ0) is 20.6. The van der Waals surface area contributed by atoms with Gasteiger partial charge in [0.15, 0.2) is 10.3 Å². The molecule has 0 spiro atoms. The van der Waals surface area contributed by atoms with Gasteiger partial charge < -0.3 is 9.80 Å². The minimum absolute atomic E-state index is 0. The number of halogens is 1. The summed E-state index contributed by atoms with van der Waals surface area (Å²) in [5.41, 5.74) is 1.91. The molecule has 0 saturated carbocycles. The summed E-state index contributed by atoms with van der Waals surface area (Å²) < 4.78 is 0. The van der Waals surface area contributed by atoms with Crippen LogP contribution >= 0.6 is 51.8 Å². The molecule has 0 fully saturated rings. The van der Waals surface area contributed by atoms with Gasteiger partial charge in [0, 0.05) is 37.0 Å². The van der Waals surface area contributed by atoms with Crippen molar-refractivity contribution in [3.63, 3.8) is 0 Å². The zero-order valence-electron chi connectivity index (χ0n) is 17.6. The van der Waals surface area contributed by atoms with Gasteiger partial charge in [-0.2, -0.15) is 0 Å². The van der Waals surface area contributed by atoms with E-state index < -0.39 is 0 Å². The lowest BCUT2D eigenvalue weighted by Gasteiger charge is -2.08. The van der Waals surface area contributed by atoms with Crippen molar-refractivity contribution < 1.29 is 0 Å². The minimum atomic E-state index is 0. The predicted octanol–water partition coefficient (Wildman–Crippen LogP) is 4.55. The molecule has 3 rings (SSSR count). The Morgan fingerprint density at radius 2 is 1.17 bits per heavy atom. The number of rotatable bonds is 10. The Labute approximate surface area is 201 Å². The maximum absolute atomic E-state index is 4.72. The second-order valence-corrected chi connectivity index (χ2v) is 10.1. The van der Waals surface area contributed by atoms with E-state index in [1.54, 1.807) is 34.9 Å². The van der Waals surface area contributed by atoms with Gasteiger partial charge in [0.05, 0.1) is 21.1 Å².